The van der Waals surface area contributed by atoms with Gasteiger partial charge in [0.2, 0.25) is 0 Å². The van der Waals surface area contributed by atoms with Crippen molar-refractivity contribution in [2.75, 3.05) is 6.61 Å². The van der Waals surface area contributed by atoms with Crippen LogP contribution in [0, 0.1) is 11.3 Å². The first-order valence-electron chi connectivity index (χ1n) is 4.68. The van der Waals surface area contributed by atoms with Gasteiger partial charge in [-0.25, -0.2) is 4.79 Å². The summed E-state index contributed by atoms with van der Waals surface area (Å²) in [5.74, 6) is -1.03. The van der Waals surface area contributed by atoms with Crippen LogP contribution in [0.1, 0.15) is 28.4 Å². The second-order valence-corrected chi connectivity index (χ2v) is 2.98. The van der Waals surface area contributed by atoms with Crippen LogP contribution in [0.2, 0.25) is 0 Å². The number of hydrogen-bond acceptors (Lipinski definition) is 5. The molecule has 0 atom stereocenters. The maximum Gasteiger partial charge on any atom is 0.339 e. The Morgan fingerprint density at radius 1 is 1.56 bits per heavy atom. The Kier molecular flexibility index (Phi) is 3.86. The van der Waals surface area contributed by atoms with E-state index in [9.17, 15) is 9.90 Å². The van der Waals surface area contributed by atoms with E-state index in [0.717, 1.165) is 0 Å². The number of aliphatic hydroxyl groups excluding tert-OH is 1. The topological polar surface area (TPSA) is 90.6 Å². The quantitative estimate of drug-likeness (QED) is 0.741. The Labute approximate surface area is 92.5 Å². The molecular weight excluding hydrogens is 210 g/mol. The first kappa shape index (κ1) is 12.0. The van der Waals surface area contributed by atoms with Crippen LogP contribution in [0.25, 0.3) is 0 Å². The molecule has 0 spiro atoms. The molecule has 0 aliphatic rings. The van der Waals surface area contributed by atoms with Gasteiger partial charge in [-0.3, -0.25) is 0 Å². The Bertz CT molecular complexity index is 448. The molecule has 0 fully saturated rings. The van der Waals surface area contributed by atoms with Gasteiger partial charge in [0.1, 0.15) is 17.4 Å². The molecule has 0 bridgehead atoms. The summed E-state index contributed by atoms with van der Waals surface area (Å²) in [5, 5.41) is 27.3. The zero-order valence-electron chi connectivity index (χ0n) is 8.73. The zero-order chi connectivity index (χ0) is 12.1. The van der Waals surface area contributed by atoms with Gasteiger partial charge in [0.25, 0.3) is 0 Å². The highest BCUT2D eigenvalue weighted by Crippen LogP contribution is 2.24. The summed E-state index contributed by atoms with van der Waals surface area (Å²) in [5.41, 5.74) is 0.00431. The second-order valence-electron chi connectivity index (χ2n) is 2.98. The number of hydrogen-bond donors (Lipinski definition) is 2. The summed E-state index contributed by atoms with van der Waals surface area (Å²) in [6.45, 7) is 1.39. The summed E-state index contributed by atoms with van der Waals surface area (Å²) in [6, 6.07) is 4.35. The van der Waals surface area contributed by atoms with Crippen LogP contribution in [-0.2, 0) is 11.3 Å². The van der Waals surface area contributed by atoms with Gasteiger partial charge in [-0.2, -0.15) is 5.26 Å². The highest BCUT2D eigenvalue weighted by atomic mass is 16.5. The lowest BCUT2D eigenvalue weighted by molar-refractivity contribution is 0.0522. The minimum Gasteiger partial charge on any atom is -0.507 e. The van der Waals surface area contributed by atoms with Crippen molar-refractivity contribution in [2.45, 2.75) is 13.5 Å². The molecular formula is C11H11NO4. The summed E-state index contributed by atoms with van der Waals surface area (Å²) >= 11 is 0. The number of nitriles is 1. The van der Waals surface area contributed by atoms with Gasteiger partial charge in [-0.1, -0.05) is 6.07 Å². The van der Waals surface area contributed by atoms with E-state index in [0.29, 0.717) is 0 Å². The molecule has 1 aromatic rings. The lowest BCUT2D eigenvalue weighted by Crippen LogP contribution is -2.10. The van der Waals surface area contributed by atoms with Crippen molar-refractivity contribution in [3.05, 3.63) is 28.8 Å². The van der Waals surface area contributed by atoms with Gasteiger partial charge < -0.3 is 14.9 Å². The first-order chi connectivity index (χ1) is 7.65. The molecule has 0 aliphatic heterocycles. The van der Waals surface area contributed by atoms with E-state index in [4.69, 9.17) is 15.1 Å². The number of phenolic OH excluding ortho intramolecular Hbond substituents is 1. The van der Waals surface area contributed by atoms with Gasteiger partial charge in [0, 0.05) is 0 Å². The first-order valence-corrected chi connectivity index (χ1v) is 4.68. The maximum absolute atomic E-state index is 11.6. The molecule has 0 aliphatic carbocycles. The van der Waals surface area contributed by atoms with E-state index in [-0.39, 0.29) is 29.0 Å². The fourth-order valence-electron chi connectivity index (χ4n) is 1.32. The Morgan fingerprint density at radius 3 is 2.75 bits per heavy atom. The largest absolute Gasteiger partial charge is 0.507 e. The van der Waals surface area contributed by atoms with Crippen molar-refractivity contribution < 1.29 is 19.7 Å². The molecule has 5 nitrogen and oxygen atoms in total. The van der Waals surface area contributed by atoms with Gasteiger partial charge in [-0.05, 0) is 18.6 Å². The molecule has 0 heterocycles. The van der Waals surface area contributed by atoms with Gasteiger partial charge in [0.05, 0.1) is 18.8 Å². The van der Waals surface area contributed by atoms with Crippen LogP contribution in [0.3, 0.4) is 0 Å². The number of phenols is 1. The molecule has 2 N–H and O–H groups in total. The molecule has 0 aromatic heterocycles. The van der Waals surface area contributed by atoms with E-state index in [1.165, 1.54) is 12.1 Å². The van der Waals surface area contributed by atoms with Gasteiger partial charge in [0.15, 0.2) is 0 Å². The van der Waals surface area contributed by atoms with Crippen LogP contribution in [0.4, 0.5) is 0 Å². The second kappa shape index (κ2) is 5.14. The molecule has 0 unspecified atom stereocenters. The number of aromatic hydroxyl groups is 1. The van der Waals surface area contributed by atoms with Gasteiger partial charge >= 0.3 is 5.97 Å². The third kappa shape index (κ3) is 2.12. The summed E-state index contributed by atoms with van der Waals surface area (Å²) in [6.07, 6.45) is 0. The van der Waals surface area contributed by atoms with Crippen LogP contribution in [0.15, 0.2) is 12.1 Å². The van der Waals surface area contributed by atoms with E-state index in [1.54, 1.807) is 13.0 Å². The molecule has 16 heavy (non-hydrogen) atoms. The predicted molar refractivity (Wildman–Crippen MR) is 54.7 cm³/mol. The number of rotatable bonds is 3. The third-order valence-corrected chi connectivity index (χ3v) is 2.03. The van der Waals surface area contributed by atoms with Crippen LogP contribution < -0.4 is 0 Å². The van der Waals surface area contributed by atoms with Crippen molar-refractivity contribution in [1.29, 1.82) is 5.26 Å². The average Bonchev–Trinajstić information content (AvgIpc) is 2.28. The van der Waals surface area contributed by atoms with Crippen molar-refractivity contribution in [3.63, 3.8) is 0 Å². The average molecular weight is 221 g/mol. The molecule has 1 rings (SSSR count). The van der Waals surface area contributed by atoms with E-state index < -0.39 is 12.6 Å². The number of nitrogens with zero attached hydrogens (tertiary/aromatic N) is 1. The summed E-state index contributed by atoms with van der Waals surface area (Å²) in [7, 11) is 0. The van der Waals surface area contributed by atoms with E-state index in [1.807, 2.05) is 0 Å². The number of esters is 1. The number of ether oxygens (including phenoxy) is 1. The fourth-order valence-corrected chi connectivity index (χ4v) is 1.32. The molecule has 0 saturated carbocycles. The van der Waals surface area contributed by atoms with Crippen LogP contribution in [-0.4, -0.2) is 22.8 Å². The molecule has 84 valence electrons. The van der Waals surface area contributed by atoms with Crippen molar-refractivity contribution in [1.82, 2.24) is 0 Å². The van der Waals surface area contributed by atoms with Crippen LogP contribution in [0.5, 0.6) is 5.75 Å². The minimum atomic E-state index is -0.723. The molecule has 0 radical (unpaired) electrons. The number of carbonyl (C=O) groups excluding carboxylic acids is 1. The summed E-state index contributed by atoms with van der Waals surface area (Å²) < 4.78 is 4.76. The van der Waals surface area contributed by atoms with E-state index >= 15 is 0 Å². The molecule has 5 heteroatoms. The van der Waals surface area contributed by atoms with Crippen molar-refractivity contribution in [3.8, 4) is 11.8 Å². The highest BCUT2D eigenvalue weighted by molar-refractivity contribution is 5.94. The Morgan fingerprint density at radius 2 is 2.25 bits per heavy atom. The number of aliphatic hydroxyl groups is 1. The fraction of sp³-hybridized carbons (Fsp3) is 0.273. The third-order valence-electron chi connectivity index (χ3n) is 2.03. The summed E-state index contributed by atoms with van der Waals surface area (Å²) in [4.78, 5) is 11.6. The SMILES string of the molecule is CCOC(=O)c1c(CO)ccc(O)c1C#N. The normalized spacial score (nSPS) is 9.56. The standard InChI is InChI=1S/C11H11NO4/c1-2-16-11(15)10-7(6-13)3-4-9(14)8(10)5-12/h3-4,13-14H,2,6H2,1H3. The zero-order valence-corrected chi connectivity index (χ0v) is 8.73. The van der Waals surface area contributed by atoms with Gasteiger partial charge in [-0.15, -0.1) is 0 Å². The lowest BCUT2D eigenvalue weighted by atomic mass is 10.0. The minimum absolute atomic E-state index is 0.0770. The maximum atomic E-state index is 11.6. The van der Waals surface area contributed by atoms with Crippen LogP contribution >= 0.6 is 0 Å². The lowest BCUT2D eigenvalue weighted by Gasteiger charge is -2.09. The Balaban J connectivity index is 3.37. The molecule has 1 aromatic carbocycles. The number of carbonyl (C=O) groups is 1. The Hall–Kier alpha value is -2.06. The molecule has 0 saturated heterocycles. The highest BCUT2D eigenvalue weighted by Gasteiger charge is 2.20. The monoisotopic (exact) mass is 221 g/mol. The van der Waals surface area contributed by atoms with E-state index in [2.05, 4.69) is 0 Å². The number of benzene rings is 1. The smallest absolute Gasteiger partial charge is 0.339 e. The predicted octanol–water partition coefficient (Wildman–Crippen LogP) is 0.933. The molecule has 0 amide bonds. The van der Waals surface area contributed by atoms with Crippen molar-refractivity contribution >= 4 is 5.97 Å². The van der Waals surface area contributed by atoms with Crippen molar-refractivity contribution in [2.24, 2.45) is 0 Å².